The highest BCUT2D eigenvalue weighted by atomic mass is 35.5. The van der Waals surface area contributed by atoms with Crippen molar-refractivity contribution in [1.82, 2.24) is 9.55 Å². The van der Waals surface area contributed by atoms with E-state index in [1.165, 1.54) is 9.75 Å². The van der Waals surface area contributed by atoms with Crippen molar-refractivity contribution in [1.29, 1.82) is 0 Å². The number of imidazole rings is 1. The molecule has 20 heavy (non-hydrogen) atoms. The molecule has 0 saturated carbocycles. The number of nitrogens with two attached hydrogens (primary N) is 1. The van der Waals surface area contributed by atoms with E-state index in [0.717, 1.165) is 11.0 Å². The molecule has 3 aromatic rings. The number of rotatable bonds is 2. The van der Waals surface area contributed by atoms with Gasteiger partial charge in [0.2, 0.25) is 5.95 Å². The Kier molecular flexibility index (Phi) is 3.40. The quantitative estimate of drug-likeness (QED) is 0.727. The SMILES string of the molecule is Cc1ccc(C(C)n2c(N)nc3cc(Cl)c(Cl)cc32)s1. The number of fused-ring (bicyclic) bond motifs is 1. The Morgan fingerprint density at radius 1 is 1.25 bits per heavy atom. The van der Waals surface area contributed by atoms with Crippen LogP contribution in [0.2, 0.25) is 10.0 Å². The molecule has 0 bridgehead atoms. The van der Waals surface area contributed by atoms with Crippen LogP contribution in [0.15, 0.2) is 24.3 Å². The van der Waals surface area contributed by atoms with Gasteiger partial charge >= 0.3 is 0 Å². The van der Waals surface area contributed by atoms with Crippen molar-refractivity contribution in [3.63, 3.8) is 0 Å². The molecule has 0 aliphatic heterocycles. The molecule has 2 N–H and O–H groups in total. The number of benzene rings is 1. The monoisotopic (exact) mass is 325 g/mol. The van der Waals surface area contributed by atoms with E-state index in [-0.39, 0.29) is 6.04 Å². The topological polar surface area (TPSA) is 43.8 Å². The van der Waals surface area contributed by atoms with Crippen molar-refractivity contribution in [3.8, 4) is 0 Å². The molecular formula is C14H13Cl2N3S. The van der Waals surface area contributed by atoms with Gasteiger partial charge in [-0.05, 0) is 38.1 Å². The Labute approximate surface area is 130 Å². The molecule has 0 aliphatic carbocycles. The zero-order valence-corrected chi connectivity index (χ0v) is 13.4. The molecule has 104 valence electrons. The number of halogens is 2. The summed E-state index contributed by atoms with van der Waals surface area (Å²) >= 11 is 13.9. The molecule has 1 aromatic carbocycles. The Bertz CT molecular complexity index is 791. The van der Waals surface area contributed by atoms with Crippen molar-refractivity contribution in [2.45, 2.75) is 19.9 Å². The number of anilines is 1. The van der Waals surface area contributed by atoms with E-state index < -0.39 is 0 Å². The average molecular weight is 326 g/mol. The second-order valence-corrected chi connectivity index (χ2v) is 6.85. The van der Waals surface area contributed by atoms with E-state index in [1.807, 2.05) is 10.6 Å². The van der Waals surface area contributed by atoms with E-state index in [0.29, 0.717) is 16.0 Å². The molecule has 0 spiro atoms. The first-order chi connectivity index (χ1) is 9.47. The van der Waals surface area contributed by atoms with Crippen molar-refractivity contribution >= 4 is 51.5 Å². The standard InChI is InChI=1S/C14H13Cl2N3S/c1-7-3-4-13(20-7)8(2)19-12-6-10(16)9(15)5-11(12)18-14(19)17/h3-6,8H,1-2H3,(H2,17,18). The summed E-state index contributed by atoms with van der Waals surface area (Å²) in [6, 6.07) is 7.90. The van der Waals surface area contributed by atoms with Crippen LogP contribution in [0.5, 0.6) is 0 Å². The first-order valence-electron chi connectivity index (χ1n) is 6.16. The molecule has 0 radical (unpaired) electrons. The second-order valence-electron chi connectivity index (χ2n) is 4.72. The van der Waals surface area contributed by atoms with Crippen LogP contribution in [0.3, 0.4) is 0 Å². The lowest BCUT2D eigenvalue weighted by Crippen LogP contribution is -2.08. The lowest BCUT2D eigenvalue weighted by molar-refractivity contribution is 0.680. The fraction of sp³-hybridized carbons (Fsp3) is 0.214. The highest BCUT2D eigenvalue weighted by Crippen LogP contribution is 2.34. The smallest absolute Gasteiger partial charge is 0.201 e. The number of aromatic nitrogens is 2. The molecule has 1 unspecified atom stereocenters. The van der Waals surface area contributed by atoms with Gasteiger partial charge in [0.25, 0.3) is 0 Å². The molecule has 2 heterocycles. The highest BCUT2D eigenvalue weighted by Gasteiger charge is 2.18. The van der Waals surface area contributed by atoms with E-state index >= 15 is 0 Å². The molecule has 0 fully saturated rings. The first kappa shape index (κ1) is 13.7. The van der Waals surface area contributed by atoms with E-state index in [9.17, 15) is 0 Å². The van der Waals surface area contributed by atoms with Crippen molar-refractivity contribution in [2.24, 2.45) is 0 Å². The number of thiophene rings is 1. The van der Waals surface area contributed by atoms with Gasteiger partial charge in [-0.25, -0.2) is 4.98 Å². The second kappa shape index (κ2) is 4.95. The third kappa shape index (κ3) is 2.18. The number of hydrogen-bond donors (Lipinski definition) is 1. The lowest BCUT2D eigenvalue weighted by Gasteiger charge is -2.14. The summed E-state index contributed by atoms with van der Waals surface area (Å²) in [7, 11) is 0. The summed E-state index contributed by atoms with van der Waals surface area (Å²) in [6.45, 7) is 4.19. The fourth-order valence-electron chi connectivity index (χ4n) is 2.32. The molecular weight excluding hydrogens is 313 g/mol. The van der Waals surface area contributed by atoms with Crippen LogP contribution in [-0.2, 0) is 0 Å². The normalized spacial score (nSPS) is 13.0. The van der Waals surface area contributed by atoms with Crippen LogP contribution in [-0.4, -0.2) is 9.55 Å². The zero-order valence-electron chi connectivity index (χ0n) is 11.0. The Morgan fingerprint density at radius 3 is 2.60 bits per heavy atom. The van der Waals surface area contributed by atoms with Gasteiger partial charge in [-0.1, -0.05) is 23.2 Å². The first-order valence-corrected chi connectivity index (χ1v) is 7.73. The predicted octanol–water partition coefficient (Wildman–Crippen LogP) is 4.90. The Morgan fingerprint density at radius 2 is 1.95 bits per heavy atom. The van der Waals surface area contributed by atoms with Gasteiger partial charge in [-0.3, -0.25) is 0 Å². The Balaban J connectivity index is 2.20. The maximum atomic E-state index is 6.11. The summed E-state index contributed by atoms with van der Waals surface area (Å²) in [6.07, 6.45) is 0. The van der Waals surface area contributed by atoms with Gasteiger partial charge in [0.1, 0.15) is 0 Å². The van der Waals surface area contributed by atoms with Gasteiger partial charge < -0.3 is 10.3 Å². The number of aryl methyl sites for hydroxylation is 1. The maximum Gasteiger partial charge on any atom is 0.201 e. The minimum Gasteiger partial charge on any atom is -0.369 e. The molecule has 2 aromatic heterocycles. The summed E-state index contributed by atoms with van der Waals surface area (Å²) < 4.78 is 1.99. The van der Waals surface area contributed by atoms with Crippen molar-refractivity contribution in [2.75, 3.05) is 5.73 Å². The maximum absolute atomic E-state index is 6.11. The Hall–Kier alpha value is -1.23. The minimum absolute atomic E-state index is 0.107. The van der Waals surface area contributed by atoms with Crippen LogP contribution >= 0.6 is 34.5 Å². The van der Waals surface area contributed by atoms with E-state index in [2.05, 4.69) is 31.0 Å². The van der Waals surface area contributed by atoms with Gasteiger partial charge in [-0.2, -0.15) is 0 Å². The van der Waals surface area contributed by atoms with Crippen LogP contribution in [0.1, 0.15) is 22.7 Å². The molecule has 3 nitrogen and oxygen atoms in total. The predicted molar refractivity (Wildman–Crippen MR) is 87.0 cm³/mol. The zero-order chi connectivity index (χ0) is 14.4. The van der Waals surface area contributed by atoms with E-state index in [1.54, 1.807) is 17.4 Å². The summed E-state index contributed by atoms with van der Waals surface area (Å²) in [5.41, 5.74) is 7.73. The van der Waals surface area contributed by atoms with Crippen LogP contribution in [0.4, 0.5) is 5.95 Å². The summed E-state index contributed by atoms with van der Waals surface area (Å²) in [5, 5.41) is 0.998. The van der Waals surface area contributed by atoms with Crippen LogP contribution in [0.25, 0.3) is 11.0 Å². The average Bonchev–Trinajstić information content (AvgIpc) is 2.93. The molecule has 6 heteroatoms. The number of nitrogens with zero attached hydrogens (tertiary/aromatic N) is 2. The third-order valence-electron chi connectivity index (χ3n) is 3.32. The van der Waals surface area contributed by atoms with E-state index in [4.69, 9.17) is 28.9 Å². The largest absolute Gasteiger partial charge is 0.369 e. The minimum atomic E-state index is 0.107. The molecule has 0 saturated heterocycles. The number of hydrogen-bond acceptors (Lipinski definition) is 3. The van der Waals surface area contributed by atoms with Crippen molar-refractivity contribution < 1.29 is 0 Å². The molecule has 0 aliphatic rings. The van der Waals surface area contributed by atoms with Gasteiger partial charge in [0, 0.05) is 9.75 Å². The van der Waals surface area contributed by atoms with Gasteiger partial charge in [0.15, 0.2) is 0 Å². The molecule has 3 rings (SSSR count). The summed E-state index contributed by atoms with van der Waals surface area (Å²) in [5.74, 6) is 0.469. The van der Waals surface area contributed by atoms with Gasteiger partial charge in [0.05, 0.1) is 27.1 Å². The van der Waals surface area contributed by atoms with Gasteiger partial charge in [-0.15, -0.1) is 11.3 Å². The summed E-state index contributed by atoms with van der Waals surface area (Å²) in [4.78, 5) is 6.88. The lowest BCUT2D eigenvalue weighted by atomic mass is 10.2. The van der Waals surface area contributed by atoms with Crippen LogP contribution < -0.4 is 5.73 Å². The van der Waals surface area contributed by atoms with Crippen molar-refractivity contribution in [3.05, 3.63) is 44.1 Å². The fourth-order valence-corrected chi connectivity index (χ4v) is 3.56. The third-order valence-corrected chi connectivity index (χ3v) is 5.21. The highest BCUT2D eigenvalue weighted by molar-refractivity contribution is 7.12. The number of nitrogen functional groups attached to an aromatic ring is 1. The molecule has 1 atom stereocenters. The molecule has 0 amide bonds. The van der Waals surface area contributed by atoms with Crippen LogP contribution in [0, 0.1) is 6.92 Å².